The van der Waals surface area contributed by atoms with Gasteiger partial charge < -0.3 is 15.4 Å². The monoisotopic (exact) mass is 330 g/mol. The van der Waals surface area contributed by atoms with Crippen molar-refractivity contribution < 1.29 is 9.53 Å². The molecule has 1 aliphatic carbocycles. The number of ether oxygens (including phenoxy) is 1. The van der Waals surface area contributed by atoms with Crippen molar-refractivity contribution in [3.05, 3.63) is 29.8 Å². The van der Waals surface area contributed by atoms with E-state index >= 15 is 0 Å². The van der Waals surface area contributed by atoms with E-state index in [-0.39, 0.29) is 11.9 Å². The van der Waals surface area contributed by atoms with Crippen molar-refractivity contribution in [1.29, 1.82) is 0 Å². The normalized spacial score (nSPS) is 25.0. The van der Waals surface area contributed by atoms with Crippen LogP contribution in [0.5, 0.6) is 5.75 Å². The molecule has 0 aromatic heterocycles. The maximum Gasteiger partial charge on any atom is 0.254 e. The molecule has 0 spiro atoms. The van der Waals surface area contributed by atoms with Crippen molar-refractivity contribution in [2.45, 2.75) is 51.5 Å². The molecule has 1 aliphatic heterocycles. The zero-order valence-electron chi connectivity index (χ0n) is 14.7. The van der Waals surface area contributed by atoms with Crippen molar-refractivity contribution in [1.82, 2.24) is 4.90 Å². The van der Waals surface area contributed by atoms with Crippen LogP contribution in [0.2, 0.25) is 0 Å². The molecule has 0 bridgehead atoms. The van der Waals surface area contributed by atoms with Gasteiger partial charge in [0.05, 0.1) is 6.61 Å². The number of rotatable bonds is 5. The molecule has 2 unspecified atom stereocenters. The largest absolute Gasteiger partial charge is 0.493 e. The Kier molecular flexibility index (Phi) is 5.77. The average Bonchev–Trinajstić information content (AvgIpc) is 3.01. The van der Waals surface area contributed by atoms with Crippen molar-refractivity contribution in [2.75, 3.05) is 19.7 Å². The summed E-state index contributed by atoms with van der Waals surface area (Å²) in [6, 6.07) is 7.91. The van der Waals surface area contributed by atoms with Crippen LogP contribution in [0.4, 0.5) is 0 Å². The molecule has 24 heavy (non-hydrogen) atoms. The summed E-state index contributed by atoms with van der Waals surface area (Å²) in [5, 5.41) is 0. The van der Waals surface area contributed by atoms with Crippen LogP contribution < -0.4 is 10.5 Å². The molecule has 2 atom stereocenters. The Labute approximate surface area is 145 Å². The molecule has 3 rings (SSSR count). The summed E-state index contributed by atoms with van der Waals surface area (Å²) in [6.07, 6.45) is 7.61. The molecule has 1 aromatic carbocycles. The van der Waals surface area contributed by atoms with Gasteiger partial charge in [0.2, 0.25) is 0 Å². The Bertz CT molecular complexity index is 537. The third kappa shape index (κ3) is 4.10. The van der Waals surface area contributed by atoms with Crippen LogP contribution in [0.3, 0.4) is 0 Å². The second-order valence-electron chi connectivity index (χ2n) is 7.48. The number of nitrogens with two attached hydrogens (primary N) is 1. The highest BCUT2D eigenvalue weighted by Crippen LogP contribution is 2.26. The van der Waals surface area contributed by atoms with Crippen LogP contribution in [0.25, 0.3) is 0 Å². The first-order valence-corrected chi connectivity index (χ1v) is 9.41. The maximum absolute atomic E-state index is 12.7. The lowest BCUT2D eigenvalue weighted by Crippen LogP contribution is -2.34. The minimum atomic E-state index is 0.109. The molecule has 1 heterocycles. The number of hydrogen-bond acceptors (Lipinski definition) is 3. The molecule has 1 amide bonds. The summed E-state index contributed by atoms with van der Waals surface area (Å²) in [7, 11) is 0. The van der Waals surface area contributed by atoms with Crippen LogP contribution in [-0.4, -0.2) is 36.5 Å². The summed E-state index contributed by atoms with van der Waals surface area (Å²) < 4.78 is 5.92. The zero-order valence-corrected chi connectivity index (χ0v) is 14.7. The van der Waals surface area contributed by atoms with Gasteiger partial charge in [0, 0.05) is 18.2 Å². The second-order valence-corrected chi connectivity index (χ2v) is 7.48. The number of carbonyl (C=O) groups excluding carboxylic acids is 1. The lowest BCUT2D eigenvalue weighted by atomic mass is 9.90. The fraction of sp³-hybridized carbons (Fsp3) is 0.650. The first kappa shape index (κ1) is 17.3. The van der Waals surface area contributed by atoms with E-state index in [2.05, 4.69) is 6.92 Å². The minimum Gasteiger partial charge on any atom is -0.493 e. The third-order valence-corrected chi connectivity index (χ3v) is 5.57. The topological polar surface area (TPSA) is 55.6 Å². The summed E-state index contributed by atoms with van der Waals surface area (Å²) in [4.78, 5) is 14.6. The number of amides is 1. The first-order valence-electron chi connectivity index (χ1n) is 9.41. The molecular weight excluding hydrogens is 300 g/mol. The van der Waals surface area contributed by atoms with E-state index in [0.29, 0.717) is 18.4 Å². The Morgan fingerprint density at radius 3 is 2.50 bits per heavy atom. The van der Waals surface area contributed by atoms with Gasteiger partial charge in [-0.15, -0.1) is 0 Å². The molecular formula is C20H30N2O2. The van der Waals surface area contributed by atoms with Gasteiger partial charge in [-0.1, -0.05) is 19.3 Å². The number of likely N-dealkylation sites (tertiary alicyclic amines) is 1. The van der Waals surface area contributed by atoms with Gasteiger partial charge in [0.1, 0.15) is 5.75 Å². The van der Waals surface area contributed by atoms with Crippen LogP contribution in [0, 0.1) is 11.8 Å². The van der Waals surface area contributed by atoms with Gasteiger partial charge in [-0.3, -0.25) is 4.79 Å². The molecule has 1 saturated heterocycles. The van der Waals surface area contributed by atoms with E-state index in [1.165, 1.54) is 32.1 Å². The molecule has 0 radical (unpaired) electrons. The van der Waals surface area contributed by atoms with E-state index in [9.17, 15) is 4.79 Å². The van der Waals surface area contributed by atoms with E-state index in [0.717, 1.165) is 30.9 Å². The van der Waals surface area contributed by atoms with Crippen LogP contribution in [0.15, 0.2) is 24.3 Å². The molecule has 2 aliphatic rings. The SMILES string of the molecule is CC1CC(CN)CN1C(=O)c1ccc(OCC2CCCCC2)cc1. The lowest BCUT2D eigenvalue weighted by molar-refractivity contribution is 0.0743. The molecule has 4 nitrogen and oxygen atoms in total. The second kappa shape index (κ2) is 8.02. The smallest absolute Gasteiger partial charge is 0.254 e. The molecule has 132 valence electrons. The Hall–Kier alpha value is -1.55. The van der Waals surface area contributed by atoms with Crippen molar-refractivity contribution in [2.24, 2.45) is 17.6 Å². The van der Waals surface area contributed by atoms with Crippen molar-refractivity contribution in [3.8, 4) is 5.75 Å². The highest BCUT2D eigenvalue weighted by molar-refractivity contribution is 5.94. The lowest BCUT2D eigenvalue weighted by Gasteiger charge is -2.22. The van der Waals surface area contributed by atoms with E-state index < -0.39 is 0 Å². The average molecular weight is 330 g/mol. The van der Waals surface area contributed by atoms with Gasteiger partial charge in [-0.2, -0.15) is 0 Å². The van der Waals surface area contributed by atoms with Crippen molar-refractivity contribution >= 4 is 5.91 Å². The van der Waals surface area contributed by atoms with Crippen LogP contribution >= 0.6 is 0 Å². The van der Waals surface area contributed by atoms with Crippen LogP contribution in [-0.2, 0) is 0 Å². The number of hydrogen-bond donors (Lipinski definition) is 1. The fourth-order valence-electron chi connectivity index (χ4n) is 4.02. The predicted molar refractivity (Wildman–Crippen MR) is 96.2 cm³/mol. The standard InChI is InChI=1S/C20H30N2O2/c1-15-11-17(12-21)13-22(15)20(23)18-7-9-19(10-8-18)24-14-16-5-3-2-4-6-16/h7-10,15-17H,2-6,11-14,21H2,1H3. The molecule has 1 aromatic rings. The Morgan fingerprint density at radius 2 is 1.88 bits per heavy atom. The van der Waals surface area contributed by atoms with Crippen molar-refractivity contribution in [3.63, 3.8) is 0 Å². The van der Waals surface area contributed by atoms with Gasteiger partial charge in [-0.05, 0) is 68.8 Å². The Balaban J connectivity index is 1.54. The van der Waals surface area contributed by atoms with Gasteiger partial charge in [0.15, 0.2) is 0 Å². The molecule has 2 N–H and O–H groups in total. The summed E-state index contributed by atoms with van der Waals surface area (Å²) in [5.41, 5.74) is 6.50. The molecule has 4 heteroatoms. The number of carbonyl (C=O) groups is 1. The summed E-state index contributed by atoms with van der Waals surface area (Å²) in [6.45, 7) is 4.34. The van der Waals surface area contributed by atoms with Gasteiger partial charge in [-0.25, -0.2) is 0 Å². The molecule has 1 saturated carbocycles. The molecule has 2 fully saturated rings. The number of benzene rings is 1. The first-order chi connectivity index (χ1) is 11.7. The summed E-state index contributed by atoms with van der Waals surface area (Å²) in [5.74, 6) is 2.10. The third-order valence-electron chi connectivity index (χ3n) is 5.57. The highest BCUT2D eigenvalue weighted by atomic mass is 16.5. The number of nitrogens with zero attached hydrogens (tertiary/aromatic N) is 1. The van der Waals surface area contributed by atoms with Gasteiger partial charge >= 0.3 is 0 Å². The predicted octanol–water partition coefficient (Wildman–Crippen LogP) is 3.46. The van der Waals surface area contributed by atoms with E-state index in [1.807, 2.05) is 29.2 Å². The summed E-state index contributed by atoms with van der Waals surface area (Å²) >= 11 is 0. The van der Waals surface area contributed by atoms with Crippen LogP contribution in [0.1, 0.15) is 55.8 Å². The van der Waals surface area contributed by atoms with E-state index in [4.69, 9.17) is 10.5 Å². The minimum absolute atomic E-state index is 0.109. The van der Waals surface area contributed by atoms with E-state index in [1.54, 1.807) is 0 Å². The maximum atomic E-state index is 12.7. The Morgan fingerprint density at radius 1 is 1.17 bits per heavy atom. The zero-order chi connectivity index (χ0) is 16.9. The highest BCUT2D eigenvalue weighted by Gasteiger charge is 2.32. The fourth-order valence-corrected chi connectivity index (χ4v) is 4.02. The quantitative estimate of drug-likeness (QED) is 0.899. The van der Waals surface area contributed by atoms with Gasteiger partial charge in [0.25, 0.3) is 5.91 Å².